The zero-order valence-electron chi connectivity index (χ0n) is 17.4. The van der Waals surface area contributed by atoms with Crippen LogP contribution in [0, 0.1) is 0 Å². The number of benzene rings is 2. The molecule has 2 aromatic carbocycles. The molecule has 0 radical (unpaired) electrons. The number of phenolic OH excluding ortho intramolecular Hbond substituents is 1. The third-order valence-electron chi connectivity index (χ3n) is 4.49. The van der Waals surface area contributed by atoms with Crippen LogP contribution in [0.25, 0.3) is 0 Å². The lowest BCUT2D eigenvalue weighted by Crippen LogP contribution is -2.36. The van der Waals surface area contributed by atoms with E-state index in [1.165, 1.54) is 43.5 Å². The largest absolute Gasteiger partial charge is 0.507 e. The lowest BCUT2D eigenvalue weighted by atomic mass is 9.93. The Morgan fingerprint density at radius 3 is 1.69 bits per heavy atom. The van der Waals surface area contributed by atoms with Crippen molar-refractivity contribution in [2.75, 3.05) is 17.1 Å². The Balaban J connectivity index is 2.80. The van der Waals surface area contributed by atoms with E-state index in [2.05, 4.69) is 0 Å². The molecule has 0 aliphatic heterocycles. The summed E-state index contributed by atoms with van der Waals surface area (Å²) in [4.78, 5) is -0.186. The fraction of sp³-hybridized carbons (Fsp3) is 0.400. The summed E-state index contributed by atoms with van der Waals surface area (Å²) < 4.78 is 57.2. The van der Waals surface area contributed by atoms with Gasteiger partial charge in [-0.1, -0.05) is 27.7 Å². The van der Waals surface area contributed by atoms with Crippen LogP contribution in [-0.4, -0.2) is 35.3 Å². The molecule has 7 nitrogen and oxygen atoms in total. The van der Waals surface area contributed by atoms with Gasteiger partial charge in [0.25, 0.3) is 10.0 Å². The van der Waals surface area contributed by atoms with Crippen LogP contribution in [0.5, 0.6) is 11.5 Å². The van der Waals surface area contributed by atoms with Gasteiger partial charge in [0, 0.05) is 0 Å². The first-order chi connectivity index (χ1) is 13.3. The van der Waals surface area contributed by atoms with E-state index in [4.69, 9.17) is 4.74 Å². The van der Waals surface area contributed by atoms with E-state index in [0.717, 1.165) is 6.26 Å². The predicted octanol–water partition coefficient (Wildman–Crippen LogP) is 3.80. The molecule has 0 amide bonds. The predicted molar refractivity (Wildman–Crippen MR) is 114 cm³/mol. The monoisotopic (exact) mass is 441 g/mol. The van der Waals surface area contributed by atoms with Gasteiger partial charge < -0.3 is 9.84 Å². The second-order valence-corrected chi connectivity index (χ2v) is 11.3. The molecule has 0 spiro atoms. The third kappa shape index (κ3) is 4.67. The Hall–Kier alpha value is -2.26. The number of aromatic hydroxyl groups is 1. The summed E-state index contributed by atoms with van der Waals surface area (Å²) in [6.45, 7) is 7.36. The van der Waals surface area contributed by atoms with Gasteiger partial charge in [0.05, 0.1) is 23.9 Å². The zero-order chi connectivity index (χ0) is 22.1. The third-order valence-corrected chi connectivity index (χ3v) is 8.21. The van der Waals surface area contributed by atoms with Crippen molar-refractivity contribution in [3.8, 4) is 11.5 Å². The fourth-order valence-electron chi connectivity index (χ4n) is 3.00. The number of nitrogens with zero attached hydrogens (tertiary/aromatic N) is 1. The highest BCUT2D eigenvalue weighted by atomic mass is 32.3. The second kappa shape index (κ2) is 8.23. The van der Waals surface area contributed by atoms with Crippen LogP contribution in [0.4, 0.5) is 5.69 Å². The number of anilines is 1. The van der Waals surface area contributed by atoms with Gasteiger partial charge in [0.1, 0.15) is 11.5 Å². The van der Waals surface area contributed by atoms with Crippen molar-refractivity contribution in [3.63, 3.8) is 0 Å². The Morgan fingerprint density at radius 1 is 0.897 bits per heavy atom. The zero-order valence-corrected chi connectivity index (χ0v) is 19.0. The highest BCUT2D eigenvalue weighted by Gasteiger charge is 2.34. The Labute approximate surface area is 173 Å². The SMILES string of the molecule is COc1ccc(S(=O)(=O)N(c2cc(C(C)C)c(O)c(C(C)C)c2)S(C)(=O)=O)cc1. The number of ether oxygens (including phenoxy) is 1. The molecule has 0 fully saturated rings. The minimum Gasteiger partial charge on any atom is -0.507 e. The summed E-state index contributed by atoms with van der Waals surface area (Å²) in [5, 5.41) is 10.6. The maximum Gasteiger partial charge on any atom is 0.277 e. The summed E-state index contributed by atoms with van der Waals surface area (Å²) in [7, 11) is -7.18. The van der Waals surface area contributed by atoms with E-state index in [0.29, 0.717) is 20.6 Å². The minimum atomic E-state index is -4.43. The first kappa shape index (κ1) is 23.0. The molecule has 0 aromatic heterocycles. The molecular weight excluding hydrogens is 414 g/mol. The van der Waals surface area contributed by atoms with Gasteiger partial charge in [-0.05, 0) is 59.4 Å². The quantitative estimate of drug-likeness (QED) is 0.701. The first-order valence-corrected chi connectivity index (χ1v) is 12.4. The van der Waals surface area contributed by atoms with E-state index >= 15 is 0 Å². The highest BCUT2D eigenvalue weighted by molar-refractivity contribution is 8.10. The minimum absolute atomic E-state index is 0.0338. The van der Waals surface area contributed by atoms with Crippen LogP contribution in [0.2, 0.25) is 0 Å². The summed E-state index contributed by atoms with van der Waals surface area (Å²) >= 11 is 0. The maximum absolute atomic E-state index is 13.3. The average Bonchev–Trinajstić information content (AvgIpc) is 2.61. The van der Waals surface area contributed by atoms with Gasteiger partial charge in [-0.25, -0.2) is 16.8 Å². The van der Waals surface area contributed by atoms with Crippen molar-refractivity contribution in [1.82, 2.24) is 0 Å². The van der Waals surface area contributed by atoms with Gasteiger partial charge in [-0.3, -0.25) is 0 Å². The van der Waals surface area contributed by atoms with E-state index in [-0.39, 0.29) is 28.2 Å². The van der Waals surface area contributed by atoms with Crippen molar-refractivity contribution in [2.45, 2.75) is 44.4 Å². The molecule has 0 aliphatic carbocycles. The maximum atomic E-state index is 13.3. The van der Waals surface area contributed by atoms with Gasteiger partial charge in [0.15, 0.2) is 0 Å². The molecule has 0 saturated carbocycles. The number of phenols is 1. The summed E-state index contributed by atoms with van der Waals surface area (Å²) in [5.41, 5.74) is 0.920. The number of sulfonamides is 2. The smallest absolute Gasteiger partial charge is 0.277 e. The second-order valence-electron chi connectivity index (χ2n) is 7.42. The first-order valence-electron chi connectivity index (χ1n) is 9.07. The number of hydrogen-bond acceptors (Lipinski definition) is 6. The summed E-state index contributed by atoms with van der Waals surface area (Å²) in [6.07, 6.45) is 0.838. The van der Waals surface area contributed by atoms with E-state index in [9.17, 15) is 21.9 Å². The molecule has 1 N–H and O–H groups in total. The van der Waals surface area contributed by atoms with Crippen molar-refractivity contribution in [2.24, 2.45) is 0 Å². The number of rotatable bonds is 7. The average molecular weight is 442 g/mol. The topological polar surface area (TPSA) is 101 Å². The molecule has 0 atom stereocenters. The molecule has 2 rings (SSSR count). The van der Waals surface area contributed by atoms with Crippen LogP contribution < -0.4 is 8.45 Å². The molecule has 0 aliphatic rings. The van der Waals surface area contributed by atoms with Gasteiger partial charge in [-0.2, -0.15) is 3.71 Å². The Bertz CT molecular complexity index is 1060. The molecule has 0 unspecified atom stereocenters. The molecule has 2 aromatic rings. The van der Waals surface area contributed by atoms with Crippen molar-refractivity contribution in [1.29, 1.82) is 0 Å². The van der Waals surface area contributed by atoms with Crippen molar-refractivity contribution < 1.29 is 26.7 Å². The molecule has 0 heterocycles. The van der Waals surface area contributed by atoms with Crippen molar-refractivity contribution >= 4 is 25.7 Å². The molecule has 9 heteroatoms. The van der Waals surface area contributed by atoms with Gasteiger partial charge in [0.2, 0.25) is 10.0 Å². The van der Waals surface area contributed by atoms with Crippen LogP contribution in [0.1, 0.15) is 50.7 Å². The molecular formula is C20H27NO6S2. The lowest BCUT2D eigenvalue weighted by molar-refractivity contribution is 0.414. The number of hydrogen-bond donors (Lipinski definition) is 1. The summed E-state index contributed by atoms with van der Waals surface area (Å²) in [6, 6.07) is 8.30. The molecule has 0 bridgehead atoms. The standard InChI is InChI=1S/C20H27NO6S2/c1-13(2)18-11-15(12-19(14(3)4)20(18)22)21(28(6,23)24)29(25,26)17-9-7-16(27-5)8-10-17/h7-14,22H,1-6H3. The fourth-order valence-corrected chi connectivity index (χ4v) is 6.23. The Morgan fingerprint density at radius 2 is 1.34 bits per heavy atom. The number of methoxy groups -OCH3 is 1. The molecule has 160 valence electrons. The van der Waals surface area contributed by atoms with Crippen molar-refractivity contribution in [3.05, 3.63) is 47.5 Å². The molecule has 29 heavy (non-hydrogen) atoms. The van der Waals surface area contributed by atoms with Gasteiger partial charge >= 0.3 is 0 Å². The van der Waals surface area contributed by atoms with E-state index in [1.807, 2.05) is 27.7 Å². The van der Waals surface area contributed by atoms with Crippen LogP contribution in [0.3, 0.4) is 0 Å². The van der Waals surface area contributed by atoms with Crippen LogP contribution in [0.15, 0.2) is 41.3 Å². The lowest BCUT2D eigenvalue weighted by Gasteiger charge is -2.25. The van der Waals surface area contributed by atoms with E-state index < -0.39 is 20.0 Å². The van der Waals surface area contributed by atoms with Crippen LogP contribution in [-0.2, 0) is 20.0 Å². The molecule has 0 saturated heterocycles. The highest BCUT2D eigenvalue weighted by Crippen LogP contribution is 2.39. The normalized spacial score (nSPS) is 12.4. The van der Waals surface area contributed by atoms with Gasteiger partial charge in [-0.15, -0.1) is 0 Å². The Kier molecular flexibility index (Phi) is 6.54. The van der Waals surface area contributed by atoms with E-state index in [1.54, 1.807) is 0 Å². The van der Waals surface area contributed by atoms with Crippen LogP contribution >= 0.6 is 0 Å². The summed E-state index contributed by atoms with van der Waals surface area (Å²) in [5.74, 6) is 0.216.